The van der Waals surface area contributed by atoms with Gasteiger partial charge < -0.3 is 4.42 Å². The van der Waals surface area contributed by atoms with Gasteiger partial charge in [0.25, 0.3) is 0 Å². The molecule has 0 saturated heterocycles. The second-order valence-corrected chi connectivity index (χ2v) is 15.5. The molecular weight excluding hydrogens is 691 g/mol. The lowest BCUT2D eigenvalue weighted by Gasteiger charge is -2.13. The Hall–Kier alpha value is -7.08. The van der Waals surface area contributed by atoms with Gasteiger partial charge in [0.05, 0.1) is 22.1 Å². The van der Waals surface area contributed by atoms with Gasteiger partial charge in [0, 0.05) is 52.7 Å². The molecule has 0 spiro atoms. The van der Waals surface area contributed by atoms with Gasteiger partial charge in [0.15, 0.2) is 0 Å². The van der Waals surface area contributed by atoms with E-state index < -0.39 is 0 Å². The van der Waals surface area contributed by atoms with Gasteiger partial charge in [0.1, 0.15) is 5.58 Å². The van der Waals surface area contributed by atoms with Crippen LogP contribution < -0.4 is 0 Å². The predicted molar refractivity (Wildman–Crippen MR) is 232 cm³/mol. The fraction of sp³-hybridized carbons (Fsp3) is 0. The number of furan rings is 1. The van der Waals surface area contributed by atoms with Gasteiger partial charge in [-0.05, 0) is 62.6 Å². The Morgan fingerprint density at radius 1 is 0.436 bits per heavy atom. The monoisotopic (exact) mass is 717 g/mol. The zero-order chi connectivity index (χ0) is 35.8. The zero-order valence-electron chi connectivity index (χ0n) is 29.2. The minimum atomic E-state index is 0.573. The number of para-hydroxylation sites is 1. The van der Waals surface area contributed by atoms with Crippen LogP contribution in [-0.4, -0.2) is 14.5 Å². The Morgan fingerprint density at radius 2 is 1.07 bits per heavy atom. The molecule has 0 atom stereocenters. The molecular formula is C50H27N3OS. The van der Waals surface area contributed by atoms with Gasteiger partial charge in [-0.3, -0.25) is 4.57 Å². The number of hydrogen-bond acceptors (Lipinski definition) is 4. The number of rotatable bonds is 2. The van der Waals surface area contributed by atoms with Crippen molar-refractivity contribution in [2.24, 2.45) is 0 Å². The molecule has 0 bridgehead atoms. The molecule has 0 aliphatic carbocycles. The van der Waals surface area contributed by atoms with Gasteiger partial charge in [-0.15, -0.1) is 11.3 Å². The third-order valence-corrected chi connectivity index (χ3v) is 12.8. The number of thiophene rings is 1. The highest BCUT2D eigenvalue weighted by molar-refractivity contribution is 7.25. The SMILES string of the molecule is c1ccc2c(c1)ccc1c3c4c5ccccc5c5ccccc5c4ccc3n(-c3nc(-c4ccc5sc6ccccc6c5c4)c4c(n3)oc3ccccc34)c21. The summed E-state index contributed by atoms with van der Waals surface area (Å²) in [6, 6.07) is 58.9. The Labute approximate surface area is 317 Å². The average molecular weight is 718 g/mol. The van der Waals surface area contributed by atoms with Crippen LogP contribution in [0.15, 0.2) is 168 Å². The molecule has 0 aliphatic rings. The van der Waals surface area contributed by atoms with Crippen LogP contribution in [0.5, 0.6) is 0 Å². The first-order chi connectivity index (χ1) is 27.3. The van der Waals surface area contributed by atoms with Crippen molar-refractivity contribution in [2.75, 3.05) is 0 Å². The highest BCUT2D eigenvalue weighted by Gasteiger charge is 2.24. The summed E-state index contributed by atoms with van der Waals surface area (Å²) in [4.78, 5) is 10.9. The molecule has 0 amide bonds. The van der Waals surface area contributed by atoms with Crippen molar-refractivity contribution in [1.29, 1.82) is 0 Å². The number of fused-ring (bicyclic) bond motifs is 18. The Bertz CT molecular complexity index is 3760. The van der Waals surface area contributed by atoms with Gasteiger partial charge in [-0.25, -0.2) is 4.98 Å². The third kappa shape index (κ3) is 3.94. The Kier molecular flexibility index (Phi) is 5.74. The normalized spacial score (nSPS) is 12.4. The summed E-state index contributed by atoms with van der Waals surface area (Å²) in [6.07, 6.45) is 0. The topological polar surface area (TPSA) is 43.9 Å². The zero-order valence-corrected chi connectivity index (χ0v) is 30.1. The molecule has 9 aromatic carbocycles. The molecule has 0 saturated carbocycles. The maximum absolute atomic E-state index is 6.62. The van der Waals surface area contributed by atoms with E-state index in [1.54, 1.807) is 0 Å². The molecule has 0 N–H and O–H groups in total. The summed E-state index contributed by atoms with van der Waals surface area (Å²) in [5.41, 5.74) is 5.39. The molecule has 4 aromatic heterocycles. The van der Waals surface area contributed by atoms with E-state index in [0.29, 0.717) is 11.7 Å². The van der Waals surface area contributed by atoms with Crippen LogP contribution in [0.4, 0.5) is 0 Å². The van der Waals surface area contributed by atoms with Crippen molar-refractivity contribution in [1.82, 2.24) is 14.5 Å². The second-order valence-electron chi connectivity index (χ2n) is 14.5. The first kappa shape index (κ1) is 29.4. The van der Waals surface area contributed by atoms with Gasteiger partial charge in [0.2, 0.25) is 11.7 Å². The maximum Gasteiger partial charge on any atom is 0.238 e. The second kappa shape index (κ2) is 10.8. The minimum absolute atomic E-state index is 0.573. The van der Waals surface area contributed by atoms with Crippen LogP contribution in [0.2, 0.25) is 0 Å². The van der Waals surface area contributed by atoms with Gasteiger partial charge >= 0.3 is 0 Å². The standard InChI is InChI=1S/C50H27N3OS/c1-2-12-30-28(11-1)21-23-38-45-40(25-24-36-33-15-4-3-13-31(33)32-14-5-6-17-35(32)44(36)45)53(48(30)38)50-51-47(46-37-18-7-9-19-41(37)54-49(46)52-50)29-22-26-43-39(27-29)34-16-8-10-20-42(34)55-43/h1-27H. The van der Waals surface area contributed by atoms with Crippen molar-refractivity contribution >= 4 is 118 Å². The summed E-state index contributed by atoms with van der Waals surface area (Å²) in [6.45, 7) is 0. The first-order valence-electron chi connectivity index (χ1n) is 18.6. The molecule has 13 rings (SSSR count). The van der Waals surface area contributed by atoms with E-state index in [9.17, 15) is 0 Å². The van der Waals surface area contributed by atoms with Crippen LogP contribution in [0.25, 0.3) is 124 Å². The molecule has 254 valence electrons. The first-order valence-corrected chi connectivity index (χ1v) is 19.4. The van der Waals surface area contributed by atoms with Crippen LogP contribution >= 0.6 is 11.3 Å². The van der Waals surface area contributed by atoms with Crippen LogP contribution in [0.1, 0.15) is 0 Å². The van der Waals surface area contributed by atoms with Crippen molar-refractivity contribution in [3.63, 3.8) is 0 Å². The van der Waals surface area contributed by atoms with E-state index in [1.807, 2.05) is 23.5 Å². The third-order valence-electron chi connectivity index (χ3n) is 11.6. The summed E-state index contributed by atoms with van der Waals surface area (Å²) < 4.78 is 11.4. The smallest absolute Gasteiger partial charge is 0.238 e. The molecule has 4 nitrogen and oxygen atoms in total. The summed E-state index contributed by atoms with van der Waals surface area (Å²) in [7, 11) is 0. The predicted octanol–water partition coefficient (Wildman–Crippen LogP) is 14.1. The number of hydrogen-bond donors (Lipinski definition) is 0. The summed E-state index contributed by atoms with van der Waals surface area (Å²) >= 11 is 1.83. The van der Waals surface area contributed by atoms with Crippen molar-refractivity contribution in [2.45, 2.75) is 0 Å². The molecule has 0 radical (unpaired) electrons. The van der Waals surface area contributed by atoms with Crippen LogP contribution in [0.3, 0.4) is 0 Å². The molecule has 0 aliphatic heterocycles. The molecule has 55 heavy (non-hydrogen) atoms. The van der Waals surface area contributed by atoms with E-state index in [1.165, 1.54) is 68.6 Å². The molecule has 0 unspecified atom stereocenters. The molecule has 4 heterocycles. The summed E-state index contributed by atoms with van der Waals surface area (Å²) in [5, 5.41) is 16.6. The van der Waals surface area contributed by atoms with Crippen LogP contribution in [0, 0.1) is 0 Å². The van der Waals surface area contributed by atoms with E-state index >= 15 is 0 Å². The quantitative estimate of drug-likeness (QED) is 0.167. The lowest BCUT2D eigenvalue weighted by Crippen LogP contribution is -2.03. The van der Waals surface area contributed by atoms with E-state index in [-0.39, 0.29) is 0 Å². The van der Waals surface area contributed by atoms with Crippen molar-refractivity contribution in [3.05, 3.63) is 164 Å². The Morgan fingerprint density at radius 3 is 1.91 bits per heavy atom. The molecule has 5 heteroatoms. The van der Waals surface area contributed by atoms with E-state index in [4.69, 9.17) is 14.4 Å². The molecule has 13 aromatic rings. The Balaban J connectivity index is 1.22. The average Bonchev–Trinajstić information content (AvgIpc) is 3.92. The van der Waals surface area contributed by atoms with Crippen LogP contribution in [-0.2, 0) is 0 Å². The number of aromatic nitrogens is 3. The number of nitrogens with zero attached hydrogens (tertiary/aromatic N) is 3. The van der Waals surface area contributed by atoms with E-state index in [2.05, 4.69) is 156 Å². The maximum atomic E-state index is 6.62. The fourth-order valence-corrected chi connectivity index (χ4v) is 10.4. The number of benzene rings is 9. The minimum Gasteiger partial charge on any atom is -0.437 e. The van der Waals surface area contributed by atoms with Crippen molar-refractivity contribution in [3.8, 4) is 17.2 Å². The highest BCUT2D eigenvalue weighted by atomic mass is 32.1. The highest BCUT2D eigenvalue weighted by Crippen LogP contribution is 2.46. The lowest BCUT2D eigenvalue weighted by molar-refractivity contribution is 0.651. The lowest BCUT2D eigenvalue weighted by atomic mass is 9.91. The van der Waals surface area contributed by atoms with Gasteiger partial charge in [-0.1, -0.05) is 133 Å². The fourth-order valence-electron chi connectivity index (χ4n) is 9.26. The molecule has 0 fully saturated rings. The summed E-state index contributed by atoms with van der Waals surface area (Å²) in [5.74, 6) is 0.581. The largest absolute Gasteiger partial charge is 0.437 e. The van der Waals surface area contributed by atoms with Crippen molar-refractivity contribution < 1.29 is 4.42 Å². The van der Waals surface area contributed by atoms with Gasteiger partial charge in [-0.2, -0.15) is 4.98 Å². The van der Waals surface area contributed by atoms with E-state index in [0.717, 1.165) is 44.0 Å².